The van der Waals surface area contributed by atoms with Crippen LogP contribution < -0.4 is 10.1 Å². The predicted octanol–water partition coefficient (Wildman–Crippen LogP) is 5.74. The van der Waals surface area contributed by atoms with Crippen molar-refractivity contribution in [2.45, 2.75) is 56.2 Å². The first-order valence-electron chi connectivity index (χ1n) is 14.3. The Bertz CT molecular complexity index is 1750. The van der Waals surface area contributed by atoms with Gasteiger partial charge in [-0.3, -0.25) is 4.79 Å². The molecule has 4 N–H and O–H groups in total. The number of carboxylic acid groups (broad SMARTS) is 2. The van der Waals surface area contributed by atoms with Gasteiger partial charge < -0.3 is 34.4 Å². The maximum atomic E-state index is 14.0. The highest BCUT2D eigenvalue weighted by Crippen LogP contribution is 2.43. The summed E-state index contributed by atoms with van der Waals surface area (Å²) in [4.78, 5) is 24.2. The Kier molecular flexibility index (Phi) is 9.76. The lowest BCUT2D eigenvalue weighted by Gasteiger charge is -2.36. The standard InChI is InChI=1S/C28H25F3N4O6.C2HF3O2/c29-28(30,31)21-22(14-4-2-1-3-5-14)34-40-24(21)26-33-25(35-41-26)16-8-11-18-20(12-16)39-13-19(23(18)36)32-17-9-6-15(7-10-17)27(37)38;3-2(4,5)1(6)7/h1-5,8,11-12,15,17,19,23,32,36H,6-7,9-10,13H2,(H,37,38);(H,6,7)/t15?,17?,19-,23+;/m1./s1. The summed E-state index contributed by atoms with van der Waals surface area (Å²) in [7, 11) is 0. The number of ether oxygens (including phenoxy) is 1. The van der Waals surface area contributed by atoms with E-state index in [0.717, 1.165) is 0 Å². The molecule has 2 aromatic heterocycles. The Morgan fingerprint density at radius 1 is 0.875 bits per heavy atom. The third-order valence-corrected chi connectivity index (χ3v) is 7.80. The van der Waals surface area contributed by atoms with Crippen molar-refractivity contribution in [3.63, 3.8) is 0 Å². The molecule has 0 spiro atoms. The van der Waals surface area contributed by atoms with Crippen molar-refractivity contribution in [3.8, 4) is 40.0 Å². The SMILES string of the molecule is O=C(O)C(F)(F)F.O=C(O)C1CCC(N[C@@H]2COc3cc(-c4noc(-c5onc(-c6ccccc6)c5C(F)(F)F)n4)ccc3[C@@H]2O)CC1. The second kappa shape index (κ2) is 13.6. The minimum Gasteiger partial charge on any atom is -0.491 e. The van der Waals surface area contributed by atoms with E-state index in [1.54, 1.807) is 36.4 Å². The van der Waals surface area contributed by atoms with Crippen LogP contribution in [0.4, 0.5) is 26.3 Å². The first-order chi connectivity index (χ1) is 22.6. The fourth-order valence-corrected chi connectivity index (χ4v) is 5.40. The Morgan fingerprint density at radius 3 is 2.15 bits per heavy atom. The van der Waals surface area contributed by atoms with Gasteiger partial charge >= 0.3 is 24.3 Å². The quantitative estimate of drug-likeness (QED) is 0.181. The van der Waals surface area contributed by atoms with Gasteiger partial charge in [0.15, 0.2) is 0 Å². The molecule has 0 radical (unpaired) electrons. The summed E-state index contributed by atoms with van der Waals surface area (Å²) in [6.07, 6.45) is -8.22. The predicted molar refractivity (Wildman–Crippen MR) is 150 cm³/mol. The van der Waals surface area contributed by atoms with E-state index in [9.17, 15) is 41.4 Å². The highest BCUT2D eigenvalue weighted by molar-refractivity contribution is 5.73. The molecule has 48 heavy (non-hydrogen) atoms. The van der Waals surface area contributed by atoms with Crippen LogP contribution in [0.15, 0.2) is 57.6 Å². The smallest absolute Gasteiger partial charge is 0.490 e. The van der Waals surface area contributed by atoms with Gasteiger partial charge in [-0.15, -0.1) is 0 Å². The molecule has 0 saturated heterocycles. The number of alkyl halides is 6. The van der Waals surface area contributed by atoms with E-state index in [1.807, 2.05) is 0 Å². The number of hydrogen-bond donors (Lipinski definition) is 4. The largest absolute Gasteiger partial charge is 0.491 e. The van der Waals surface area contributed by atoms with Crippen molar-refractivity contribution in [1.82, 2.24) is 20.6 Å². The minimum atomic E-state index is -5.08. The summed E-state index contributed by atoms with van der Waals surface area (Å²) in [6, 6.07) is 12.4. The van der Waals surface area contributed by atoms with Crippen LogP contribution in [0.2, 0.25) is 0 Å². The van der Waals surface area contributed by atoms with Gasteiger partial charge in [0.25, 0.3) is 5.89 Å². The van der Waals surface area contributed by atoms with E-state index >= 15 is 0 Å². The minimum absolute atomic E-state index is 0.00196. The first-order valence-corrected chi connectivity index (χ1v) is 14.3. The number of aliphatic carboxylic acids is 2. The average molecular weight is 685 g/mol. The van der Waals surface area contributed by atoms with Crippen LogP contribution in [0.3, 0.4) is 0 Å². The second-order valence-electron chi connectivity index (χ2n) is 11.0. The summed E-state index contributed by atoms with van der Waals surface area (Å²) < 4.78 is 89.9. The molecule has 2 aliphatic rings. The lowest BCUT2D eigenvalue weighted by atomic mass is 9.85. The van der Waals surface area contributed by atoms with Crippen LogP contribution in [0.5, 0.6) is 5.75 Å². The normalized spacial score (nSPS) is 21.0. The molecule has 1 aliphatic heterocycles. The molecule has 2 aromatic carbocycles. The molecular formula is C30H26F6N4O8. The molecule has 1 saturated carbocycles. The Labute approximate surface area is 266 Å². The molecule has 0 bridgehead atoms. The topological polar surface area (TPSA) is 181 Å². The van der Waals surface area contributed by atoms with Crippen LogP contribution in [0.25, 0.3) is 34.3 Å². The summed E-state index contributed by atoms with van der Waals surface area (Å²) in [5.74, 6) is -4.65. The van der Waals surface area contributed by atoms with Gasteiger partial charge in [0, 0.05) is 22.7 Å². The number of nitrogens with one attached hydrogen (secondary N) is 1. The van der Waals surface area contributed by atoms with Crippen LogP contribution >= 0.6 is 0 Å². The zero-order chi connectivity index (χ0) is 34.8. The van der Waals surface area contributed by atoms with E-state index in [1.165, 1.54) is 12.1 Å². The molecule has 6 rings (SSSR count). The van der Waals surface area contributed by atoms with Crippen molar-refractivity contribution >= 4 is 11.9 Å². The molecule has 1 fully saturated rings. The molecule has 2 atom stereocenters. The maximum absolute atomic E-state index is 14.0. The van der Waals surface area contributed by atoms with Gasteiger partial charge in [-0.25, -0.2) is 4.79 Å². The van der Waals surface area contributed by atoms with E-state index in [4.69, 9.17) is 23.7 Å². The number of aromatic nitrogens is 3. The van der Waals surface area contributed by atoms with Crippen LogP contribution in [0.1, 0.15) is 42.9 Å². The lowest BCUT2D eigenvalue weighted by Crippen LogP contribution is -2.48. The zero-order valence-corrected chi connectivity index (χ0v) is 24.5. The number of rotatable bonds is 6. The fraction of sp³-hybridized carbons (Fsp3) is 0.367. The van der Waals surface area contributed by atoms with Gasteiger partial charge in [0.2, 0.25) is 11.6 Å². The van der Waals surface area contributed by atoms with E-state index in [2.05, 4.69) is 20.6 Å². The third kappa shape index (κ3) is 7.60. The molecular weight excluding hydrogens is 658 g/mol. The van der Waals surface area contributed by atoms with Crippen LogP contribution in [0, 0.1) is 5.92 Å². The van der Waals surface area contributed by atoms with Crippen LogP contribution in [-0.2, 0) is 15.8 Å². The number of carboxylic acids is 2. The average Bonchev–Trinajstić information content (AvgIpc) is 3.71. The van der Waals surface area contributed by atoms with E-state index in [0.29, 0.717) is 42.6 Å². The number of nitrogens with zero attached hydrogens (tertiary/aromatic N) is 3. The van der Waals surface area contributed by atoms with Crippen molar-refractivity contribution in [1.29, 1.82) is 0 Å². The van der Waals surface area contributed by atoms with Gasteiger partial charge in [0.1, 0.15) is 29.7 Å². The van der Waals surface area contributed by atoms with E-state index < -0.39 is 47.6 Å². The summed E-state index contributed by atoms with van der Waals surface area (Å²) in [6.45, 7) is 0.170. The number of benzene rings is 2. The van der Waals surface area contributed by atoms with Gasteiger partial charge in [-0.05, 0) is 31.7 Å². The molecule has 3 heterocycles. The number of carbonyl (C=O) groups is 2. The van der Waals surface area contributed by atoms with Gasteiger partial charge in [-0.2, -0.15) is 31.3 Å². The van der Waals surface area contributed by atoms with Crippen molar-refractivity contribution < 1.29 is 65.0 Å². The number of fused-ring (bicyclic) bond motifs is 1. The first kappa shape index (κ1) is 34.4. The fourth-order valence-electron chi connectivity index (χ4n) is 5.40. The highest BCUT2D eigenvalue weighted by atomic mass is 19.4. The third-order valence-electron chi connectivity index (χ3n) is 7.80. The van der Waals surface area contributed by atoms with Gasteiger partial charge in [0.05, 0.1) is 12.0 Å². The maximum Gasteiger partial charge on any atom is 0.490 e. The molecule has 256 valence electrons. The summed E-state index contributed by atoms with van der Waals surface area (Å²) in [5, 5.41) is 38.2. The highest BCUT2D eigenvalue weighted by Gasteiger charge is 2.43. The Balaban J connectivity index is 0.000000582. The number of aliphatic hydroxyl groups is 1. The van der Waals surface area contributed by atoms with Crippen molar-refractivity contribution in [2.75, 3.05) is 6.61 Å². The number of aliphatic hydroxyl groups excluding tert-OH is 1. The van der Waals surface area contributed by atoms with Crippen molar-refractivity contribution in [2.24, 2.45) is 5.92 Å². The molecule has 4 aromatic rings. The zero-order valence-electron chi connectivity index (χ0n) is 24.5. The summed E-state index contributed by atoms with van der Waals surface area (Å²) in [5.41, 5.74) is -0.350. The molecule has 0 unspecified atom stereocenters. The molecule has 1 aliphatic carbocycles. The monoisotopic (exact) mass is 684 g/mol. The molecule has 12 nitrogen and oxygen atoms in total. The second-order valence-corrected chi connectivity index (χ2v) is 11.0. The van der Waals surface area contributed by atoms with Gasteiger partial charge in [-0.1, -0.05) is 52.8 Å². The summed E-state index contributed by atoms with van der Waals surface area (Å²) >= 11 is 0. The number of hydrogen-bond acceptors (Lipinski definition) is 10. The van der Waals surface area contributed by atoms with E-state index in [-0.39, 0.29) is 41.7 Å². The number of halogens is 6. The van der Waals surface area contributed by atoms with Crippen molar-refractivity contribution in [3.05, 3.63) is 59.7 Å². The Hall–Kier alpha value is -4.97. The Morgan fingerprint density at radius 2 is 1.54 bits per heavy atom. The van der Waals surface area contributed by atoms with Crippen LogP contribution in [-0.4, -0.2) is 67.4 Å². The molecule has 0 amide bonds. The lowest BCUT2D eigenvalue weighted by molar-refractivity contribution is -0.192. The molecule has 18 heteroatoms.